The summed E-state index contributed by atoms with van der Waals surface area (Å²) < 4.78 is 35.3. The molecule has 1 unspecified atom stereocenters. The van der Waals surface area contributed by atoms with Gasteiger partial charge < -0.3 is 15.0 Å². The van der Waals surface area contributed by atoms with Gasteiger partial charge in [0.2, 0.25) is 11.8 Å². The van der Waals surface area contributed by atoms with Crippen LogP contribution in [-0.4, -0.2) is 50.9 Å². The van der Waals surface area contributed by atoms with Crippen LogP contribution in [0.1, 0.15) is 25.0 Å². The third-order valence-corrected chi connectivity index (χ3v) is 9.55. The van der Waals surface area contributed by atoms with E-state index in [-0.39, 0.29) is 40.5 Å². The summed E-state index contributed by atoms with van der Waals surface area (Å²) in [7, 11) is -2.79. The van der Waals surface area contributed by atoms with Gasteiger partial charge in [-0.25, -0.2) is 8.42 Å². The summed E-state index contributed by atoms with van der Waals surface area (Å²) in [5.41, 5.74) is 1.79. The normalized spacial score (nSPS) is 12.0. The molecule has 11 heteroatoms. The van der Waals surface area contributed by atoms with Crippen molar-refractivity contribution in [1.82, 2.24) is 10.2 Å². The molecule has 0 heterocycles. The van der Waals surface area contributed by atoms with Crippen LogP contribution in [0.25, 0.3) is 0 Å². The highest BCUT2D eigenvalue weighted by molar-refractivity contribution is 9.10. The number of hydrogen-bond donors (Lipinski definition) is 1. The molecule has 8 nitrogen and oxygen atoms in total. The summed E-state index contributed by atoms with van der Waals surface area (Å²) in [6, 6.07) is 28.1. The molecule has 0 aromatic heterocycles. The SMILES string of the molecule is COc1ccc(N(CC(=O)N(Cc2cccc(Br)c2)C(Cc2ccccc2)C(=O)NC(C)C)S(=O)(=O)c2ccccc2)cc1Cl. The van der Waals surface area contributed by atoms with Crippen LogP contribution in [0.3, 0.4) is 0 Å². The highest BCUT2D eigenvalue weighted by atomic mass is 79.9. The number of nitrogens with zero attached hydrogens (tertiary/aromatic N) is 2. The number of hydrogen-bond acceptors (Lipinski definition) is 5. The molecule has 0 saturated carbocycles. The fraction of sp³-hybridized carbons (Fsp3) is 0.235. The summed E-state index contributed by atoms with van der Waals surface area (Å²) in [5, 5.41) is 3.13. The largest absolute Gasteiger partial charge is 0.495 e. The molecule has 45 heavy (non-hydrogen) atoms. The molecule has 0 aliphatic carbocycles. The van der Waals surface area contributed by atoms with Crippen molar-refractivity contribution in [3.05, 3.63) is 124 Å². The molecule has 0 saturated heterocycles. The standard InChI is InChI=1S/C34H35BrClN3O5S/c1-24(2)37-34(41)31(20-25-11-6-4-7-12-25)38(22-26-13-10-14-27(35)19-26)33(40)23-39(28-17-18-32(44-3)30(36)21-28)45(42,43)29-15-8-5-9-16-29/h4-19,21,24,31H,20,22-23H2,1-3H3,(H,37,41). The number of sulfonamides is 1. The highest BCUT2D eigenvalue weighted by Crippen LogP contribution is 2.32. The van der Waals surface area contributed by atoms with E-state index in [4.69, 9.17) is 16.3 Å². The average Bonchev–Trinajstić information content (AvgIpc) is 3.02. The fourth-order valence-electron chi connectivity index (χ4n) is 4.83. The van der Waals surface area contributed by atoms with Crippen molar-refractivity contribution in [2.45, 2.75) is 43.8 Å². The lowest BCUT2D eigenvalue weighted by atomic mass is 10.0. The van der Waals surface area contributed by atoms with E-state index in [1.807, 2.05) is 68.4 Å². The second-order valence-corrected chi connectivity index (χ2v) is 13.8. The molecular weight excluding hydrogens is 678 g/mol. The van der Waals surface area contributed by atoms with Gasteiger partial charge in [-0.2, -0.15) is 0 Å². The van der Waals surface area contributed by atoms with Crippen LogP contribution in [0.2, 0.25) is 5.02 Å². The molecule has 0 spiro atoms. The Morgan fingerprint density at radius 1 is 0.889 bits per heavy atom. The molecule has 0 bridgehead atoms. The molecule has 236 valence electrons. The highest BCUT2D eigenvalue weighted by Gasteiger charge is 2.35. The molecule has 4 aromatic carbocycles. The maximum Gasteiger partial charge on any atom is 0.264 e. The number of methoxy groups -OCH3 is 1. The third-order valence-electron chi connectivity index (χ3n) is 6.98. The Labute approximate surface area is 278 Å². The molecule has 1 atom stereocenters. The Balaban J connectivity index is 1.82. The first kappa shape index (κ1) is 34.0. The summed E-state index contributed by atoms with van der Waals surface area (Å²) in [4.78, 5) is 29.7. The Hall–Kier alpha value is -3.86. The van der Waals surface area contributed by atoms with Gasteiger partial charge in [-0.05, 0) is 67.4 Å². The van der Waals surface area contributed by atoms with Gasteiger partial charge in [0.05, 0.1) is 22.7 Å². The van der Waals surface area contributed by atoms with Gasteiger partial charge >= 0.3 is 0 Å². The average molecular weight is 713 g/mol. The zero-order valence-corrected chi connectivity index (χ0v) is 28.3. The van der Waals surface area contributed by atoms with Gasteiger partial charge in [0.15, 0.2) is 0 Å². The van der Waals surface area contributed by atoms with E-state index < -0.39 is 28.5 Å². The first-order valence-electron chi connectivity index (χ1n) is 14.3. The lowest BCUT2D eigenvalue weighted by Crippen LogP contribution is -2.54. The number of amides is 2. The molecule has 4 rings (SSSR count). The predicted octanol–water partition coefficient (Wildman–Crippen LogP) is 6.47. The molecule has 2 amide bonds. The Morgan fingerprint density at radius 3 is 2.13 bits per heavy atom. The number of nitrogens with one attached hydrogen (secondary N) is 1. The lowest BCUT2D eigenvalue weighted by molar-refractivity contribution is -0.140. The van der Waals surface area contributed by atoms with E-state index in [0.29, 0.717) is 5.75 Å². The van der Waals surface area contributed by atoms with Crippen LogP contribution < -0.4 is 14.4 Å². The van der Waals surface area contributed by atoms with Crippen LogP contribution >= 0.6 is 27.5 Å². The second-order valence-electron chi connectivity index (χ2n) is 10.7. The Bertz CT molecular complexity index is 1720. The fourth-order valence-corrected chi connectivity index (χ4v) is 6.95. The number of ether oxygens (including phenoxy) is 1. The van der Waals surface area contributed by atoms with E-state index in [0.717, 1.165) is 19.9 Å². The van der Waals surface area contributed by atoms with Crippen LogP contribution in [-0.2, 0) is 32.6 Å². The molecule has 0 aliphatic rings. The van der Waals surface area contributed by atoms with Gasteiger partial charge in [0, 0.05) is 23.5 Å². The second kappa shape index (κ2) is 15.4. The number of carbonyl (C=O) groups excluding carboxylic acids is 2. The van der Waals surface area contributed by atoms with Crippen molar-refractivity contribution in [2.75, 3.05) is 18.0 Å². The van der Waals surface area contributed by atoms with Gasteiger partial charge in [-0.1, -0.05) is 88.2 Å². The van der Waals surface area contributed by atoms with Gasteiger partial charge in [-0.3, -0.25) is 13.9 Å². The quantitative estimate of drug-likeness (QED) is 0.172. The first-order chi connectivity index (χ1) is 21.5. The Kier molecular flexibility index (Phi) is 11.7. The number of carbonyl (C=O) groups is 2. The van der Waals surface area contributed by atoms with Crippen molar-refractivity contribution < 1.29 is 22.7 Å². The molecular formula is C34H35BrClN3O5S. The van der Waals surface area contributed by atoms with Crippen molar-refractivity contribution in [3.63, 3.8) is 0 Å². The monoisotopic (exact) mass is 711 g/mol. The van der Waals surface area contributed by atoms with Crippen molar-refractivity contribution in [1.29, 1.82) is 0 Å². The summed E-state index contributed by atoms with van der Waals surface area (Å²) in [6.45, 7) is 3.16. The number of halogens is 2. The van der Waals surface area contributed by atoms with Gasteiger partial charge in [0.1, 0.15) is 18.3 Å². The molecule has 0 radical (unpaired) electrons. The number of benzene rings is 4. The molecule has 0 fully saturated rings. The van der Waals surface area contributed by atoms with E-state index in [1.54, 1.807) is 24.3 Å². The van der Waals surface area contributed by atoms with Crippen molar-refractivity contribution in [2.24, 2.45) is 0 Å². The van der Waals surface area contributed by atoms with E-state index in [2.05, 4.69) is 21.2 Å². The topological polar surface area (TPSA) is 96.0 Å². The number of rotatable bonds is 13. The van der Waals surface area contributed by atoms with Crippen LogP contribution in [0, 0.1) is 0 Å². The van der Waals surface area contributed by atoms with E-state index in [1.165, 1.54) is 36.3 Å². The van der Waals surface area contributed by atoms with Gasteiger partial charge in [-0.15, -0.1) is 0 Å². The Morgan fingerprint density at radius 2 is 1.53 bits per heavy atom. The molecule has 1 N–H and O–H groups in total. The zero-order chi connectivity index (χ0) is 32.6. The van der Waals surface area contributed by atoms with E-state index >= 15 is 0 Å². The smallest absolute Gasteiger partial charge is 0.264 e. The third kappa shape index (κ3) is 8.87. The predicted molar refractivity (Wildman–Crippen MR) is 181 cm³/mol. The lowest BCUT2D eigenvalue weighted by Gasteiger charge is -2.34. The zero-order valence-electron chi connectivity index (χ0n) is 25.2. The summed E-state index contributed by atoms with van der Waals surface area (Å²) in [5.74, 6) is -0.559. The summed E-state index contributed by atoms with van der Waals surface area (Å²) >= 11 is 9.91. The van der Waals surface area contributed by atoms with Crippen molar-refractivity contribution >= 4 is 55.1 Å². The first-order valence-corrected chi connectivity index (χ1v) is 16.9. The maximum absolute atomic E-state index is 14.5. The number of anilines is 1. The van der Waals surface area contributed by atoms with Crippen LogP contribution in [0.15, 0.2) is 112 Å². The summed E-state index contributed by atoms with van der Waals surface area (Å²) in [6.07, 6.45) is 0.221. The van der Waals surface area contributed by atoms with Gasteiger partial charge in [0.25, 0.3) is 10.0 Å². The van der Waals surface area contributed by atoms with Crippen LogP contribution in [0.5, 0.6) is 5.75 Å². The molecule has 0 aliphatic heterocycles. The van der Waals surface area contributed by atoms with E-state index in [9.17, 15) is 18.0 Å². The minimum Gasteiger partial charge on any atom is -0.495 e. The van der Waals surface area contributed by atoms with Crippen molar-refractivity contribution in [3.8, 4) is 5.75 Å². The molecule has 4 aromatic rings. The maximum atomic E-state index is 14.5. The minimum absolute atomic E-state index is 0.00154. The van der Waals surface area contributed by atoms with Crippen LogP contribution in [0.4, 0.5) is 5.69 Å². The minimum atomic E-state index is -4.24.